The van der Waals surface area contributed by atoms with Crippen molar-refractivity contribution in [2.24, 2.45) is 5.41 Å². The second-order valence-electron chi connectivity index (χ2n) is 7.86. The Bertz CT molecular complexity index is 884. The van der Waals surface area contributed by atoms with Gasteiger partial charge in [0.1, 0.15) is 0 Å². The molecule has 0 radical (unpaired) electrons. The minimum absolute atomic E-state index is 0.123. The third-order valence-electron chi connectivity index (χ3n) is 5.69. The minimum atomic E-state index is -0.309. The van der Waals surface area contributed by atoms with Gasteiger partial charge in [0, 0.05) is 35.3 Å². The quantitative estimate of drug-likeness (QED) is 0.348. The summed E-state index contributed by atoms with van der Waals surface area (Å²) in [4.78, 5) is 30.0. The fourth-order valence-corrected chi connectivity index (χ4v) is 3.43. The third kappa shape index (κ3) is 3.92. The normalized spacial score (nSPS) is 14.6. The molecule has 0 bridgehead atoms. The topological polar surface area (TPSA) is 72.8 Å². The number of carbonyl (C=O) groups excluding carboxylic acids is 2. The Morgan fingerprint density at radius 3 is 2.18 bits per heavy atom. The van der Waals surface area contributed by atoms with Crippen molar-refractivity contribution in [1.82, 2.24) is 0 Å². The molecular weight excluding hydrogens is 356 g/mol. The summed E-state index contributed by atoms with van der Waals surface area (Å²) in [7, 11) is 0. The highest BCUT2D eigenvalue weighted by Crippen LogP contribution is 2.30. The second kappa shape index (κ2) is 8.35. The van der Waals surface area contributed by atoms with Gasteiger partial charge >= 0.3 is 0 Å². The van der Waals surface area contributed by atoms with Gasteiger partial charge in [0.25, 0.3) is 0 Å². The SMILES string of the molecule is CCC(C)(C)C(CCOCc1ccc2c(c1)C(=O)c1ccccc1C2=O)OO. The van der Waals surface area contributed by atoms with Gasteiger partial charge in [-0.3, -0.25) is 14.8 Å². The van der Waals surface area contributed by atoms with Crippen LogP contribution in [-0.4, -0.2) is 29.5 Å². The maximum atomic E-state index is 12.8. The molecule has 0 amide bonds. The van der Waals surface area contributed by atoms with Gasteiger partial charge in [-0.25, -0.2) is 4.89 Å². The number of benzene rings is 2. The molecule has 2 aromatic rings. The van der Waals surface area contributed by atoms with Crippen LogP contribution in [0.25, 0.3) is 0 Å². The van der Waals surface area contributed by atoms with E-state index >= 15 is 0 Å². The van der Waals surface area contributed by atoms with E-state index in [1.54, 1.807) is 36.4 Å². The maximum Gasteiger partial charge on any atom is 0.194 e. The number of ketones is 2. The number of fused-ring (bicyclic) bond motifs is 2. The van der Waals surface area contributed by atoms with Crippen molar-refractivity contribution in [1.29, 1.82) is 0 Å². The molecule has 1 unspecified atom stereocenters. The van der Waals surface area contributed by atoms with Crippen LogP contribution in [0.15, 0.2) is 42.5 Å². The first kappa shape index (κ1) is 20.4. The summed E-state index contributed by atoms with van der Waals surface area (Å²) in [5.41, 5.74) is 2.44. The van der Waals surface area contributed by atoms with E-state index in [4.69, 9.17) is 9.99 Å². The zero-order valence-corrected chi connectivity index (χ0v) is 16.5. The van der Waals surface area contributed by atoms with Crippen LogP contribution in [-0.2, 0) is 16.2 Å². The molecule has 28 heavy (non-hydrogen) atoms. The van der Waals surface area contributed by atoms with Crippen molar-refractivity contribution >= 4 is 11.6 Å². The lowest BCUT2D eigenvalue weighted by Crippen LogP contribution is -2.31. The lowest BCUT2D eigenvalue weighted by Gasteiger charge is -2.30. The van der Waals surface area contributed by atoms with E-state index in [9.17, 15) is 9.59 Å². The summed E-state index contributed by atoms with van der Waals surface area (Å²) in [5, 5.41) is 9.15. The summed E-state index contributed by atoms with van der Waals surface area (Å²) >= 11 is 0. The summed E-state index contributed by atoms with van der Waals surface area (Å²) in [6.07, 6.45) is 1.13. The van der Waals surface area contributed by atoms with E-state index in [1.807, 2.05) is 19.9 Å². The monoisotopic (exact) mass is 382 g/mol. The molecule has 0 aliphatic heterocycles. The van der Waals surface area contributed by atoms with Crippen molar-refractivity contribution in [3.8, 4) is 0 Å². The lowest BCUT2D eigenvalue weighted by molar-refractivity contribution is -0.304. The first-order chi connectivity index (χ1) is 13.4. The van der Waals surface area contributed by atoms with Crippen LogP contribution in [0.3, 0.4) is 0 Å². The van der Waals surface area contributed by atoms with E-state index in [0.29, 0.717) is 41.9 Å². The zero-order chi connectivity index (χ0) is 20.3. The van der Waals surface area contributed by atoms with Crippen LogP contribution in [0, 0.1) is 5.41 Å². The molecule has 5 heteroatoms. The Kier molecular flexibility index (Phi) is 6.08. The van der Waals surface area contributed by atoms with Crippen molar-refractivity contribution in [2.75, 3.05) is 6.61 Å². The van der Waals surface area contributed by atoms with Gasteiger partial charge in [0.2, 0.25) is 0 Å². The van der Waals surface area contributed by atoms with Crippen LogP contribution < -0.4 is 0 Å². The van der Waals surface area contributed by atoms with E-state index < -0.39 is 0 Å². The molecular formula is C23H26O5. The van der Waals surface area contributed by atoms with E-state index in [-0.39, 0.29) is 23.1 Å². The highest BCUT2D eigenvalue weighted by molar-refractivity contribution is 6.28. The highest BCUT2D eigenvalue weighted by Gasteiger charge is 2.30. The van der Waals surface area contributed by atoms with Gasteiger partial charge in [-0.1, -0.05) is 51.1 Å². The molecule has 1 aliphatic rings. The van der Waals surface area contributed by atoms with Gasteiger partial charge < -0.3 is 4.74 Å². The highest BCUT2D eigenvalue weighted by atomic mass is 17.1. The van der Waals surface area contributed by atoms with E-state index in [2.05, 4.69) is 11.8 Å². The molecule has 0 heterocycles. The minimum Gasteiger partial charge on any atom is -0.377 e. The van der Waals surface area contributed by atoms with Gasteiger partial charge in [-0.2, -0.15) is 0 Å². The molecule has 2 aromatic carbocycles. The molecule has 0 saturated carbocycles. The Morgan fingerprint density at radius 2 is 1.57 bits per heavy atom. The Morgan fingerprint density at radius 1 is 0.964 bits per heavy atom. The number of carbonyl (C=O) groups is 2. The first-order valence-electron chi connectivity index (χ1n) is 9.58. The molecule has 0 spiro atoms. The van der Waals surface area contributed by atoms with Gasteiger partial charge in [-0.05, 0) is 29.5 Å². The average molecular weight is 382 g/mol. The van der Waals surface area contributed by atoms with Gasteiger partial charge in [0.05, 0.1) is 12.7 Å². The molecule has 3 rings (SSSR count). The smallest absolute Gasteiger partial charge is 0.194 e. The molecule has 5 nitrogen and oxygen atoms in total. The first-order valence-corrected chi connectivity index (χ1v) is 9.58. The number of hydrogen-bond acceptors (Lipinski definition) is 5. The molecule has 148 valence electrons. The average Bonchev–Trinajstić information content (AvgIpc) is 2.71. The Hall–Kier alpha value is -2.34. The third-order valence-corrected chi connectivity index (χ3v) is 5.69. The van der Waals surface area contributed by atoms with Crippen LogP contribution in [0.1, 0.15) is 71.0 Å². The molecule has 0 fully saturated rings. The van der Waals surface area contributed by atoms with Crippen LogP contribution in [0.5, 0.6) is 0 Å². The summed E-state index contributed by atoms with van der Waals surface area (Å²) in [6, 6.07) is 12.2. The van der Waals surface area contributed by atoms with Crippen LogP contribution in [0.4, 0.5) is 0 Å². The van der Waals surface area contributed by atoms with Crippen LogP contribution >= 0.6 is 0 Å². The second-order valence-corrected chi connectivity index (χ2v) is 7.86. The van der Waals surface area contributed by atoms with Gasteiger partial charge in [0.15, 0.2) is 11.6 Å². The largest absolute Gasteiger partial charge is 0.377 e. The molecule has 1 N–H and O–H groups in total. The predicted octanol–water partition coefficient (Wildman–Crippen LogP) is 4.66. The van der Waals surface area contributed by atoms with Crippen LogP contribution in [0.2, 0.25) is 0 Å². The van der Waals surface area contributed by atoms with Gasteiger partial charge in [-0.15, -0.1) is 0 Å². The van der Waals surface area contributed by atoms with Crippen molar-refractivity contribution in [3.63, 3.8) is 0 Å². The zero-order valence-electron chi connectivity index (χ0n) is 16.5. The Labute approximate surface area is 165 Å². The summed E-state index contributed by atoms with van der Waals surface area (Å²) in [6.45, 7) is 6.87. The lowest BCUT2D eigenvalue weighted by atomic mass is 9.82. The fraction of sp³-hybridized carbons (Fsp3) is 0.391. The number of rotatable bonds is 8. The molecule has 0 aromatic heterocycles. The summed E-state index contributed by atoms with van der Waals surface area (Å²) < 4.78 is 5.73. The standard InChI is InChI=1S/C23H26O5/c1-4-23(2,3)20(28-26)11-12-27-14-15-9-10-18-19(13-15)22(25)17-8-6-5-7-16(17)21(18)24/h5-10,13,20,26H,4,11-12,14H2,1-3H3. The Balaban J connectivity index is 1.66. The van der Waals surface area contributed by atoms with Crippen molar-refractivity contribution in [2.45, 2.75) is 46.3 Å². The predicted molar refractivity (Wildman–Crippen MR) is 106 cm³/mol. The fourth-order valence-electron chi connectivity index (χ4n) is 3.43. The van der Waals surface area contributed by atoms with Crippen molar-refractivity contribution < 1.29 is 24.5 Å². The van der Waals surface area contributed by atoms with E-state index in [0.717, 1.165) is 12.0 Å². The van der Waals surface area contributed by atoms with Crippen molar-refractivity contribution in [3.05, 3.63) is 70.3 Å². The molecule has 0 saturated heterocycles. The maximum absolute atomic E-state index is 12.8. The summed E-state index contributed by atoms with van der Waals surface area (Å²) in [5.74, 6) is -0.257. The number of hydrogen-bond donors (Lipinski definition) is 1. The van der Waals surface area contributed by atoms with E-state index in [1.165, 1.54) is 0 Å². The molecule has 1 aliphatic carbocycles. The number of ether oxygens (including phenoxy) is 1. The molecule has 1 atom stereocenters.